The Bertz CT molecular complexity index is 368. The van der Waals surface area contributed by atoms with Crippen molar-refractivity contribution in [2.24, 2.45) is 0 Å². The highest BCUT2D eigenvalue weighted by Crippen LogP contribution is 2.08. The molecule has 2 N–H and O–H groups in total. The van der Waals surface area contributed by atoms with Crippen LogP contribution in [0, 0.1) is 5.82 Å². The largest absolute Gasteiger partial charge is 0.384 e. The monoisotopic (exact) mass is 238 g/mol. The van der Waals surface area contributed by atoms with Crippen molar-refractivity contribution in [1.29, 1.82) is 0 Å². The first-order chi connectivity index (χ1) is 8.11. The minimum atomic E-state index is -0.279. The van der Waals surface area contributed by atoms with Gasteiger partial charge in [0.05, 0.1) is 0 Å². The average Bonchev–Trinajstić information content (AvgIpc) is 2.29. The standard InChI is InChI=1S/C13H19FN2O/c1-3-10(2)16-13(17)7-8-15-12-6-4-5-11(14)9-12/h4-6,9-10,15H,3,7-8H2,1-2H3,(H,16,17). The molecule has 1 rings (SSSR count). The Morgan fingerprint density at radius 2 is 2.24 bits per heavy atom. The average molecular weight is 238 g/mol. The molecule has 4 heteroatoms. The summed E-state index contributed by atoms with van der Waals surface area (Å²) in [5, 5.41) is 5.88. The van der Waals surface area contributed by atoms with Gasteiger partial charge >= 0.3 is 0 Å². The molecule has 1 unspecified atom stereocenters. The molecule has 0 saturated carbocycles. The van der Waals surface area contributed by atoms with Crippen LogP contribution in [0.1, 0.15) is 26.7 Å². The summed E-state index contributed by atoms with van der Waals surface area (Å²) in [7, 11) is 0. The molecule has 1 aromatic rings. The summed E-state index contributed by atoms with van der Waals surface area (Å²) < 4.78 is 12.9. The van der Waals surface area contributed by atoms with Gasteiger partial charge in [-0.05, 0) is 31.5 Å². The van der Waals surface area contributed by atoms with Gasteiger partial charge in [-0.3, -0.25) is 4.79 Å². The van der Waals surface area contributed by atoms with E-state index in [0.717, 1.165) is 6.42 Å². The lowest BCUT2D eigenvalue weighted by molar-refractivity contribution is -0.121. The Labute approximate surface area is 101 Å². The number of rotatable bonds is 6. The summed E-state index contributed by atoms with van der Waals surface area (Å²) in [6.07, 6.45) is 1.31. The molecule has 0 saturated heterocycles. The summed E-state index contributed by atoms with van der Waals surface area (Å²) in [6, 6.07) is 6.41. The van der Waals surface area contributed by atoms with E-state index in [1.807, 2.05) is 13.8 Å². The van der Waals surface area contributed by atoms with Gasteiger partial charge in [0.1, 0.15) is 5.82 Å². The number of halogens is 1. The topological polar surface area (TPSA) is 41.1 Å². The maximum atomic E-state index is 12.9. The van der Waals surface area contributed by atoms with E-state index in [1.54, 1.807) is 12.1 Å². The molecule has 0 spiro atoms. The lowest BCUT2D eigenvalue weighted by Gasteiger charge is -2.11. The molecular weight excluding hydrogens is 219 g/mol. The highest BCUT2D eigenvalue weighted by Gasteiger charge is 2.04. The first-order valence-corrected chi connectivity index (χ1v) is 5.90. The maximum Gasteiger partial charge on any atom is 0.221 e. The van der Waals surface area contributed by atoms with Gasteiger partial charge in [0.25, 0.3) is 0 Å². The second-order valence-corrected chi connectivity index (χ2v) is 4.06. The van der Waals surface area contributed by atoms with E-state index in [2.05, 4.69) is 10.6 Å². The van der Waals surface area contributed by atoms with Gasteiger partial charge in [0.15, 0.2) is 0 Å². The van der Waals surface area contributed by atoms with Crippen LogP contribution >= 0.6 is 0 Å². The van der Waals surface area contributed by atoms with Crippen LogP contribution in [0.15, 0.2) is 24.3 Å². The lowest BCUT2D eigenvalue weighted by Crippen LogP contribution is -2.32. The predicted molar refractivity (Wildman–Crippen MR) is 67.4 cm³/mol. The lowest BCUT2D eigenvalue weighted by atomic mass is 10.2. The van der Waals surface area contributed by atoms with Crippen LogP contribution in [0.3, 0.4) is 0 Å². The number of hydrogen-bond donors (Lipinski definition) is 2. The van der Waals surface area contributed by atoms with Crippen LogP contribution < -0.4 is 10.6 Å². The minimum absolute atomic E-state index is 0.0169. The first kappa shape index (κ1) is 13.5. The van der Waals surface area contributed by atoms with Crippen molar-refractivity contribution in [3.05, 3.63) is 30.1 Å². The molecule has 0 aliphatic rings. The van der Waals surface area contributed by atoms with Crippen LogP contribution in [0.25, 0.3) is 0 Å². The van der Waals surface area contributed by atoms with Gasteiger partial charge in [-0.2, -0.15) is 0 Å². The normalized spacial score (nSPS) is 11.9. The van der Waals surface area contributed by atoms with Crippen molar-refractivity contribution in [3.8, 4) is 0 Å². The molecule has 0 aliphatic heterocycles. The third kappa shape index (κ3) is 5.33. The molecule has 0 fully saturated rings. The van der Waals surface area contributed by atoms with Crippen molar-refractivity contribution in [2.75, 3.05) is 11.9 Å². The van der Waals surface area contributed by atoms with Crippen LogP contribution in [0.4, 0.5) is 10.1 Å². The SMILES string of the molecule is CCC(C)NC(=O)CCNc1cccc(F)c1. The molecule has 1 amide bonds. The predicted octanol–water partition coefficient (Wildman–Crippen LogP) is 2.54. The van der Waals surface area contributed by atoms with Gasteiger partial charge in [-0.1, -0.05) is 13.0 Å². The zero-order chi connectivity index (χ0) is 12.7. The summed E-state index contributed by atoms with van der Waals surface area (Å²) in [4.78, 5) is 11.4. The van der Waals surface area contributed by atoms with Crippen molar-refractivity contribution in [2.45, 2.75) is 32.7 Å². The molecule has 0 bridgehead atoms. The van der Waals surface area contributed by atoms with Gasteiger partial charge in [-0.15, -0.1) is 0 Å². The Morgan fingerprint density at radius 1 is 1.47 bits per heavy atom. The minimum Gasteiger partial charge on any atom is -0.384 e. The van der Waals surface area contributed by atoms with Crippen molar-refractivity contribution < 1.29 is 9.18 Å². The van der Waals surface area contributed by atoms with Crippen LogP contribution in [0.5, 0.6) is 0 Å². The summed E-state index contributed by atoms with van der Waals surface area (Å²) >= 11 is 0. The second-order valence-electron chi connectivity index (χ2n) is 4.06. The van der Waals surface area contributed by atoms with Gasteiger partial charge in [0.2, 0.25) is 5.91 Å². The summed E-state index contributed by atoms with van der Waals surface area (Å²) in [5.41, 5.74) is 0.696. The Kier molecular flexibility index (Phi) is 5.46. The zero-order valence-electron chi connectivity index (χ0n) is 10.3. The third-order valence-electron chi connectivity index (χ3n) is 2.53. The summed E-state index contributed by atoms with van der Waals surface area (Å²) in [6.45, 7) is 4.50. The van der Waals surface area contributed by atoms with Crippen molar-refractivity contribution in [1.82, 2.24) is 5.32 Å². The maximum absolute atomic E-state index is 12.9. The molecule has 0 aromatic heterocycles. The van der Waals surface area contributed by atoms with Crippen LogP contribution in [0.2, 0.25) is 0 Å². The van der Waals surface area contributed by atoms with Gasteiger partial charge in [0, 0.05) is 24.7 Å². The van der Waals surface area contributed by atoms with Crippen molar-refractivity contribution >= 4 is 11.6 Å². The van der Waals surface area contributed by atoms with Gasteiger partial charge in [-0.25, -0.2) is 4.39 Å². The second kappa shape index (κ2) is 6.89. The number of hydrogen-bond acceptors (Lipinski definition) is 2. The number of carbonyl (C=O) groups excluding carboxylic acids is 1. The van der Waals surface area contributed by atoms with Crippen molar-refractivity contribution in [3.63, 3.8) is 0 Å². The molecule has 1 aromatic carbocycles. The molecule has 3 nitrogen and oxygen atoms in total. The van der Waals surface area contributed by atoms with E-state index in [4.69, 9.17) is 0 Å². The van der Waals surface area contributed by atoms with E-state index in [1.165, 1.54) is 12.1 Å². The van der Waals surface area contributed by atoms with E-state index < -0.39 is 0 Å². The fraction of sp³-hybridized carbons (Fsp3) is 0.462. The Morgan fingerprint density at radius 3 is 2.88 bits per heavy atom. The van der Waals surface area contributed by atoms with E-state index >= 15 is 0 Å². The third-order valence-corrected chi connectivity index (χ3v) is 2.53. The molecule has 94 valence electrons. The van der Waals surface area contributed by atoms with Crippen LogP contribution in [-0.4, -0.2) is 18.5 Å². The number of amides is 1. The van der Waals surface area contributed by atoms with Gasteiger partial charge < -0.3 is 10.6 Å². The fourth-order valence-corrected chi connectivity index (χ4v) is 1.37. The van der Waals surface area contributed by atoms with E-state index in [0.29, 0.717) is 18.7 Å². The molecule has 17 heavy (non-hydrogen) atoms. The Hall–Kier alpha value is -1.58. The van der Waals surface area contributed by atoms with E-state index in [-0.39, 0.29) is 17.8 Å². The number of anilines is 1. The number of benzene rings is 1. The molecule has 0 radical (unpaired) electrons. The van der Waals surface area contributed by atoms with E-state index in [9.17, 15) is 9.18 Å². The molecule has 1 atom stereocenters. The number of carbonyl (C=O) groups is 1. The molecule has 0 aliphatic carbocycles. The Balaban J connectivity index is 2.26. The quantitative estimate of drug-likeness (QED) is 0.799. The fourth-order valence-electron chi connectivity index (χ4n) is 1.37. The smallest absolute Gasteiger partial charge is 0.221 e. The van der Waals surface area contributed by atoms with Crippen LogP contribution in [-0.2, 0) is 4.79 Å². The highest BCUT2D eigenvalue weighted by molar-refractivity contribution is 5.76. The first-order valence-electron chi connectivity index (χ1n) is 5.90. The number of nitrogens with one attached hydrogen (secondary N) is 2. The molecular formula is C13H19FN2O. The zero-order valence-corrected chi connectivity index (χ0v) is 10.3. The highest BCUT2D eigenvalue weighted by atomic mass is 19.1. The summed E-state index contributed by atoms with van der Waals surface area (Å²) in [5.74, 6) is -0.262. The molecule has 0 heterocycles.